The Labute approximate surface area is 106 Å². The number of rotatable bonds is 7. The van der Waals surface area contributed by atoms with Crippen LogP contribution >= 0.6 is 11.8 Å². The molecule has 1 unspecified atom stereocenters. The fourth-order valence-electron chi connectivity index (χ4n) is 2.78. The maximum absolute atomic E-state index is 3.52. The highest BCUT2D eigenvalue weighted by molar-refractivity contribution is 7.99. The Hall–Kier alpha value is 0.310. The van der Waals surface area contributed by atoms with E-state index >= 15 is 0 Å². The van der Waals surface area contributed by atoms with Crippen molar-refractivity contribution in [1.29, 1.82) is 0 Å². The van der Waals surface area contributed by atoms with Crippen LogP contribution in [0.25, 0.3) is 0 Å². The molecule has 0 spiro atoms. The summed E-state index contributed by atoms with van der Waals surface area (Å²) in [4.78, 5) is 0. The lowest BCUT2D eigenvalue weighted by Crippen LogP contribution is -2.36. The molecule has 0 aromatic rings. The normalized spacial score (nSPS) is 20.2. The van der Waals surface area contributed by atoms with Gasteiger partial charge >= 0.3 is 0 Å². The molecule has 0 aromatic carbocycles. The van der Waals surface area contributed by atoms with Gasteiger partial charge in [-0.1, -0.05) is 46.0 Å². The fraction of sp³-hybridized carbons (Fsp3) is 1.00. The van der Waals surface area contributed by atoms with Gasteiger partial charge in [0, 0.05) is 17.0 Å². The Bertz CT molecular complexity index is 162. The summed E-state index contributed by atoms with van der Waals surface area (Å²) in [6.07, 6.45) is 9.95. The van der Waals surface area contributed by atoms with Gasteiger partial charge in [0.15, 0.2) is 0 Å². The molecule has 0 aromatic heterocycles. The predicted octanol–water partition coefficient (Wildman–Crippen LogP) is 4.08. The lowest BCUT2D eigenvalue weighted by molar-refractivity contribution is 0.377. The van der Waals surface area contributed by atoms with Crippen LogP contribution in [-0.2, 0) is 0 Å². The Balaban J connectivity index is 2.26. The highest BCUT2D eigenvalue weighted by atomic mass is 32.2. The summed E-state index contributed by atoms with van der Waals surface area (Å²) in [5, 5.41) is 4.48. The maximum Gasteiger partial charge on any atom is 0.0183 e. The van der Waals surface area contributed by atoms with Crippen molar-refractivity contribution >= 4 is 11.8 Å². The molecule has 1 saturated carbocycles. The Morgan fingerprint density at radius 1 is 1.12 bits per heavy atom. The molecule has 2 heteroatoms. The van der Waals surface area contributed by atoms with Gasteiger partial charge in [0.25, 0.3) is 0 Å². The van der Waals surface area contributed by atoms with Crippen LogP contribution in [0.2, 0.25) is 0 Å². The lowest BCUT2D eigenvalue weighted by atomic mass is 9.96. The topological polar surface area (TPSA) is 12.0 Å². The van der Waals surface area contributed by atoms with Crippen LogP contribution < -0.4 is 5.32 Å². The monoisotopic (exact) mass is 243 g/mol. The molecule has 96 valence electrons. The highest BCUT2D eigenvalue weighted by Gasteiger charge is 2.20. The van der Waals surface area contributed by atoms with Crippen LogP contribution in [0.5, 0.6) is 0 Å². The molecule has 1 aliphatic rings. The van der Waals surface area contributed by atoms with E-state index in [2.05, 4.69) is 38.0 Å². The predicted molar refractivity (Wildman–Crippen MR) is 76.3 cm³/mol. The molecule has 1 nitrogen and oxygen atoms in total. The number of thioether (sulfide) groups is 1. The second-order valence-electron chi connectivity index (χ2n) is 5.07. The van der Waals surface area contributed by atoms with Gasteiger partial charge in [0.2, 0.25) is 0 Å². The minimum Gasteiger partial charge on any atom is -0.316 e. The van der Waals surface area contributed by atoms with Crippen molar-refractivity contribution in [3.63, 3.8) is 0 Å². The van der Waals surface area contributed by atoms with Gasteiger partial charge in [-0.2, -0.15) is 11.8 Å². The third-order valence-corrected chi connectivity index (χ3v) is 5.55. The van der Waals surface area contributed by atoms with Crippen LogP contribution in [0.3, 0.4) is 0 Å². The van der Waals surface area contributed by atoms with Crippen molar-refractivity contribution < 1.29 is 0 Å². The van der Waals surface area contributed by atoms with Gasteiger partial charge in [-0.25, -0.2) is 0 Å². The summed E-state index contributed by atoms with van der Waals surface area (Å²) in [5.74, 6) is 2.18. The quantitative estimate of drug-likeness (QED) is 0.723. The summed E-state index contributed by atoms with van der Waals surface area (Å²) < 4.78 is 0. The van der Waals surface area contributed by atoms with Gasteiger partial charge < -0.3 is 5.32 Å². The van der Waals surface area contributed by atoms with Gasteiger partial charge in [-0.15, -0.1) is 0 Å². The van der Waals surface area contributed by atoms with E-state index in [1.807, 2.05) is 0 Å². The zero-order valence-corrected chi connectivity index (χ0v) is 12.1. The Kier molecular flexibility index (Phi) is 7.55. The van der Waals surface area contributed by atoms with Crippen molar-refractivity contribution in [2.45, 2.75) is 70.1 Å². The number of hydrogen-bond donors (Lipinski definition) is 1. The third kappa shape index (κ3) is 4.67. The van der Waals surface area contributed by atoms with Gasteiger partial charge in [-0.3, -0.25) is 0 Å². The van der Waals surface area contributed by atoms with E-state index in [-0.39, 0.29) is 0 Å². The second-order valence-corrected chi connectivity index (χ2v) is 6.40. The number of hydrogen-bond acceptors (Lipinski definition) is 2. The molecule has 1 aliphatic carbocycles. The molecule has 16 heavy (non-hydrogen) atoms. The zero-order chi connectivity index (χ0) is 11.8. The first-order valence-electron chi connectivity index (χ1n) is 7.10. The largest absolute Gasteiger partial charge is 0.316 e. The van der Waals surface area contributed by atoms with Gasteiger partial charge in [0.1, 0.15) is 0 Å². The summed E-state index contributed by atoms with van der Waals surface area (Å²) >= 11 is 2.23. The lowest BCUT2D eigenvalue weighted by Gasteiger charge is -2.28. The van der Waals surface area contributed by atoms with E-state index in [0.29, 0.717) is 0 Å². The van der Waals surface area contributed by atoms with Gasteiger partial charge in [-0.05, 0) is 25.8 Å². The van der Waals surface area contributed by atoms with Crippen molar-refractivity contribution in [2.75, 3.05) is 12.8 Å². The van der Waals surface area contributed by atoms with Gasteiger partial charge in [0.05, 0.1) is 0 Å². The zero-order valence-electron chi connectivity index (χ0n) is 11.3. The van der Waals surface area contributed by atoms with Crippen LogP contribution in [0.4, 0.5) is 0 Å². The fourth-order valence-corrected chi connectivity index (χ4v) is 4.37. The Morgan fingerprint density at radius 3 is 2.25 bits per heavy atom. The van der Waals surface area contributed by atoms with Crippen molar-refractivity contribution in [3.05, 3.63) is 0 Å². The summed E-state index contributed by atoms with van der Waals surface area (Å²) in [5.41, 5.74) is 0. The first kappa shape index (κ1) is 14.4. The molecule has 0 bridgehead atoms. The molecule has 1 atom stereocenters. The standard InChI is InChI=1S/C14H29NS/c1-4-12(5-2)14(15-3)11-16-13-9-7-6-8-10-13/h12-15H,4-11H2,1-3H3. The molecule has 0 amide bonds. The SMILES string of the molecule is CCC(CC)C(CSC1CCCCC1)NC. The smallest absolute Gasteiger partial charge is 0.0183 e. The first-order valence-corrected chi connectivity index (χ1v) is 8.15. The van der Waals surface area contributed by atoms with Crippen molar-refractivity contribution in [2.24, 2.45) is 5.92 Å². The van der Waals surface area contributed by atoms with Crippen LogP contribution in [0, 0.1) is 5.92 Å². The molecular weight excluding hydrogens is 214 g/mol. The summed E-state index contributed by atoms with van der Waals surface area (Å²) in [6.45, 7) is 4.65. The Morgan fingerprint density at radius 2 is 1.75 bits per heavy atom. The van der Waals surface area contributed by atoms with Crippen molar-refractivity contribution in [3.8, 4) is 0 Å². The van der Waals surface area contributed by atoms with Crippen molar-refractivity contribution in [1.82, 2.24) is 5.32 Å². The summed E-state index contributed by atoms with van der Waals surface area (Å²) in [6, 6.07) is 0.724. The molecule has 0 saturated heterocycles. The van der Waals surface area contributed by atoms with E-state index in [0.717, 1.165) is 17.2 Å². The van der Waals surface area contributed by atoms with E-state index < -0.39 is 0 Å². The van der Waals surface area contributed by atoms with Crippen LogP contribution in [0.1, 0.15) is 58.8 Å². The first-order chi connectivity index (χ1) is 7.81. The molecule has 1 N–H and O–H groups in total. The maximum atomic E-state index is 3.52. The molecule has 1 rings (SSSR count). The number of nitrogens with one attached hydrogen (secondary N) is 1. The summed E-state index contributed by atoms with van der Waals surface area (Å²) in [7, 11) is 2.13. The molecular formula is C14H29NS. The average molecular weight is 243 g/mol. The van der Waals surface area contributed by atoms with E-state index in [9.17, 15) is 0 Å². The highest BCUT2D eigenvalue weighted by Crippen LogP contribution is 2.29. The molecule has 1 fully saturated rings. The minimum absolute atomic E-state index is 0.724. The molecule has 0 aliphatic heterocycles. The van der Waals surface area contributed by atoms with E-state index in [4.69, 9.17) is 0 Å². The van der Waals surface area contributed by atoms with E-state index in [1.165, 1.54) is 50.7 Å². The van der Waals surface area contributed by atoms with Crippen LogP contribution in [-0.4, -0.2) is 24.1 Å². The molecule has 0 radical (unpaired) electrons. The second kappa shape index (κ2) is 8.41. The minimum atomic E-state index is 0.724. The average Bonchev–Trinajstić information content (AvgIpc) is 2.35. The third-order valence-electron chi connectivity index (χ3n) is 4.05. The van der Waals surface area contributed by atoms with Crippen LogP contribution in [0.15, 0.2) is 0 Å². The molecule has 0 heterocycles. The van der Waals surface area contributed by atoms with E-state index in [1.54, 1.807) is 0 Å².